The maximum atomic E-state index is 12.8. The molecule has 0 fully saturated rings. The Morgan fingerprint density at radius 1 is 0.463 bits per heavy atom. The standard InChI is InChI=1S/C58H99NO8/c1-6-8-10-12-14-16-18-20-22-24-26-27-28-29-31-33-35-37-39-41-43-45-47-49-56(61)67-54(53-66-58(57(62)63)64-51-50-59(3,4)5)52-65-55(60)48-46-44-42-40-38-36-34-32-30-25-23-21-19-17-15-13-11-9-7-2/h8,10,14,16,20,22,26-27,29,31,35,37,41,43,54,58H,6-7,9,11-13,15,17-19,21,23-25,28,30,32-34,36,38-40,42,44-53H2,1-5H3/p+1/b10-8-,16-14-,22-20-,27-26-,31-29-,37-35-,43-41-. The predicted molar refractivity (Wildman–Crippen MR) is 281 cm³/mol. The Kier molecular flexibility index (Phi) is 46.3. The van der Waals surface area contributed by atoms with E-state index < -0.39 is 24.3 Å². The number of likely N-dealkylation sites (N-methyl/N-ethyl adjacent to an activating group) is 1. The molecule has 9 nitrogen and oxygen atoms in total. The highest BCUT2D eigenvalue weighted by atomic mass is 16.7. The highest BCUT2D eigenvalue weighted by Crippen LogP contribution is 2.15. The van der Waals surface area contributed by atoms with Gasteiger partial charge in [-0.2, -0.15) is 0 Å². The van der Waals surface area contributed by atoms with Crippen LogP contribution in [0.1, 0.15) is 206 Å². The quantitative estimate of drug-likeness (QED) is 0.0211. The molecule has 0 aromatic carbocycles. The number of carbonyl (C=O) groups is 3. The Labute approximate surface area is 410 Å². The second-order valence-electron chi connectivity index (χ2n) is 18.8. The van der Waals surface area contributed by atoms with E-state index in [1.807, 2.05) is 21.1 Å². The van der Waals surface area contributed by atoms with Crippen LogP contribution < -0.4 is 0 Å². The fourth-order valence-electron chi connectivity index (χ4n) is 7.06. The molecule has 0 radical (unpaired) electrons. The Balaban J connectivity index is 4.43. The fourth-order valence-corrected chi connectivity index (χ4v) is 7.06. The van der Waals surface area contributed by atoms with E-state index in [-0.39, 0.29) is 38.6 Å². The summed E-state index contributed by atoms with van der Waals surface area (Å²) in [5.74, 6) is -2.09. The smallest absolute Gasteiger partial charge is 0.361 e. The van der Waals surface area contributed by atoms with Crippen molar-refractivity contribution in [2.24, 2.45) is 0 Å². The van der Waals surface area contributed by atoms with E-state index in [9.17, 15) is 19.5 Å². The summed E-state index contributed by atoms with van der Waals surface area (Å²) in [6.07, 6.45) is 60.9. The Bertz CT molecular complexity index is 1370. The average molecular weight is 939 g/mol. The van der Waals surface area contributed by atoms with Gasteiger partial charge in [0, 0.05) is 12.8 Å². The summed E-state index contributed by atoms with van der Waals surface area (Å²) in [5.41, 5.74) is 0. The summed E-state index contributed by atoms with van der Waals surface area (Å²) >= 11 is 0. The number of hydrogen-bond donors (Lipinski definition) is 1. The molecular weight excluding hydrogens is 839 g/mol. The van der Waals surface area contributed by atoms with Crippen LogP contribution in [0.25, 0.3) is 0 Å². The number of esters is 2. The largest absolute Gasteiger partial charge is 0.477 e. The molecule has 0 aliphatic rings. The predicted octanol–water partition coefficient (Wildman–Crippen LogP) is 15.2. The molecule has 2 unspecified atom stereocenters. The molecule has 0 saturated heterocycles. The molecule has 384 valence electrons. The number of carbonyl (C=O) groups excluding carboxylic acids is 2. The van der Waals surface area contributed by atoms with Crippen molar-refractivity contribution < 1.29 is 42.9 Å². The minimum atomic E-state index is -1.53. The highest BCUT2D eigenvalue weighted by Gasteiger charge is 2.25. The molecule has 0 aromatic heterocycles. The number of aliphatic carboxylic acids is 1. The van der Waals surface area contributed by atoms with Crippen LogP contribution in [0.4, 0.5) is 0 Å². The monoisotopic (exact) mass is 939 g/mol. The van der Waals surface area contributed by atoms with E-state index in [0.717, 1.165) is 64.2 Å². The molecule has 0 amide bonds. The van der Waals surface area contributed by atoms with Crippen LogP contribution in [0.3, 0.4) is 0 Å². The van der Waals surface area contributed by atoms with Crippen LogP contribution >= 0.6 is 0 Å². The van der Waals surface area contributed by atoms with Gasteiger partial charge in [0.15, 0.2) is 6.10 Å². The molecule has 0 spiro atoms. The van der Waals surface area contributed by atoms with Gasteiger partial charge < -0.3 is 28.5 Å². The number of rotatable bonds is 48. The fraction of sp³-hybridized carbons (Fsp3) is 0.707. The van der Waals surface area contributed by atoms with Gasteiger partial charge in [-0.1, -0.05) is 214 Å². The lowest BCUT2D eigenvalue weighted by Crippen LogP contribution is -2.40. The summed E-state index contributed by atoms with van der Waals surface area (Å²) in [6, 6.07) is 0. The third kappa shape index (κ3) is 50.2. The Morgan fingerprint density at radius 2 is 0.851 bits per heavy atom. The van der Waals surface area contributed by atoms with Gasteiger partial charge >= 0.3 is 17.9 Å². The van der Waals surface area contributed by atoms with Crippen LogP contribution in [0.5, 0.6) is 0 Å². The van der Waals surface area contributed by atoms with Crippen LogP contribution in [0, 0.1) is 0 Å². The van der Waals surface area contributed by atoms with Gasteiger partial charge in [0.2, 0.25) is 0 Å². The third-order valence-electron chi connectivity index (χ3n) is 11.2. The van der Waals surface area contributed by atoms with Crippen molar-refractivity contribution in [1.82, 2.24) is 0 Å². The van der Waals surface area contributed by atoms with Crippen molar-refractivity contribution in [3.05, 3.63) is 85.1 Å². The van der Waals surface area contributed by atoms with E-state index >= 15 is 0 Å². The van der Waals surface area contributed by atoms with Gasteiger partial charge in [-0.05, 0) is 64.2 Å². The minimum Gasteiger partial charge on any atom is -0.477 e. The van der Waals surface area contributed by atoms with E-state index in [1.165, 1.54) is 103 Å². The summed E-state index contributed by atoms with van der Waals surface area (Å²) < 4.78 is 22.8. The Morgan fingerprint density at radius 3 is 1.25 bits per heavy atom. The van der Waals surface area contributed by atoms with Crippen LogP contribution in [0.2, 0.25) is 0 Å². The second kappa shape index (κ2) is 48.9. The number of unbranched alkanes of at least 4 members (excludes halogenated alkanes) is 19. The van der Waals surface area contributed by atoms with Gasteiger partial charge in [0.25, 0.3) is 6.29 Å². The molecule has 9 heteroatoms. The van der Waals surface area contributed by atoms with Gasteiger partial charge in [0.05, 0.1) is 34.4 Å². The SMILES string of the molecule is CC/C=C\C/C=C\C/C=C\C/C=C\C/C=C\C/C=C\C/C=C\CCCC(=O)OC(COC(=O)CCCCCCCCCCCCCCCCCCCCC)COC(OCC[N+](C)(C)C)C(=O)O. The van der Waals surface area contributed by atoms with Crippen LogP contribution in [-0.2, 0) is 33.3 Å². The number of carboxylic acid groups (broad SMARTS) is 1. The number of nitrogens with zero attached hydrogens (tertiary/aromatic N) is 1. The van der Waals surface area contributed by atoms with Crippen molar-refractivity contribution in [3.8, 4) is 0 Å². The van der Waals surface area contributed by atoms with Crippen LogP contribution in [-0.4, -0.2) is 87.4 Å². The van der Waals surface area contributed by atoms with E-state index in [1.54, 1.807) is 0 Å². The number of ether oxygens (including phenoxy) is 4. The Hall–Kier alpha value is -3.53. The number of hydrogen-bond acceptors (Lipinski definition) is 7. The topological polar surface area (TPSA) is 108 Å². The first kappa shape index (κ1) is 63.5. The van der Waals surface area contributed by atoms with Gasteiger partial charge in [-0.3, -0.25) is 9.59 Å². The van der Waals surface area contributed by atoms with Gasteiger partial charge in [0.1, 0.15) is 13.2 Å². The average Bonchev–Trinajstić information content (AvgIpc) is 3.29. The van der Waals surface area contributed by atoms with E-state index in [4.69, 9.17) is 18.9 Å². The van der Waals surface area contributed by atoms with Crippen molar-refractivity contribution in [2.45, 2.75) is 219 Å². The minimum absolute atomic E-state index is 0.174. The van der Waals surface area contributed by atoms with Crippen molar-refractivity contribution in [1.29, 1.82) is 0 Å². The first-order valence-electron chi connectivity index (χ1n) is 26.8. The first-order valence-corrected chi connectivity index (χ1v) is 26.8. The second-order valence-corrected chi connectivity index (χ2v) is 18.8. The molecule has 0 aliphatic carbocycles. The zero-order chi connectivity index (χ0) is 49.2. The van der Waals surface area contributed by atoms with Crippen LogP contribution in [0.15, 0.2) is 85.1 Å². The third-order valence-corrected chi connectivity index (χ3v) is 11.2. The molecule has 0 bridgehead atoms. The molecule has 67 heavy (non-hydrogen) atoms. The molecule has 0 heterocycles. The van der Waals surface area contributed by atoms with Gasteiger partial charge in [-0.15, -0.1) is 0 Å². The summed E-state index contributed by atoms with van der Waals surface area (Å²) in [5, 5.41) is 9.68. The summed E-state index contributed by atoms with van der Waals surface area (Å²) in [4.78, 5) is 37.3. The van der Waals surface area contributed by atoms with E-state index in [2.05, 4.69) is 98.9 Å². The molecule has 0 aliphatic heterocycles. The maximum Gasteiger partial charge on any atom is 0.361 e. The lowest BCUT2D eigenvalue weighted by atomic mass is 10.0. The van der Waals surface area contributed by atoms with E-state index in [0.29, 0.717) is 23.9 Å². The van der Waals surface area contributed by atoms with Crippen molar-refractivity contribution >= 4 is 17.9 Å². The number of quaternary nitrogens is 1. The molecule has 0 aromatic rings. The first-order chi connectivity index (χ1) is 32.6. The number of allylic oxidation sites excluding steroid dienone is 14. The molecule has 0 rings (SSSR count). The van der Waals surface area contributed by atoms with Crippen molar-refractivity contribution in [2.75, 3.05) is 47.5 Å². The number of carboxylic acids is 1. The molecular formula is C58H100NO8+. The summed E-state index contributed by atoms with van der Waals surface area (Å²) in [7, 11) is 5.94. The normalized spacial score (nSPS) is 13.5. The lowest BCUT2D eigenvalue weighted by molar-refractivity contribution is -0.870. The maximum absolute atomic E-state index is 12.8. The van der Waals surface area contributed by atoms with Crippen molar-refractivity contribution in [3.63, 3.8) is 0 Å². The molecule has 2 atom stereocenters. The lowest BCUT2D eigenvalue weighted by Gasteiger charge is -2.25. The molecule has 1 N–H and O–H groups in total. The van der Waals surface area contributed by atoms with Gasteiger partial charge in [-0.25, -0.2) is 4.79 Å². The zero-order valence-corrected chi connectivity index (χ0v) is 43.5. The highest BCUT2D eigenvalue weighted by molar-refractivity contribution is 5.71. The summed E-state index contributed by atoms with van der Waals surface area (Å²) in [6.45, 7) is 4.70. The molecule has 0 saturated carbocycles. The zero-order valence-electron chi connectivity index (χ0n) is 43.5.